The molecule has 0 aliphatic rings. The van der Waals surface area contributed by atoms with E-state index < -0.39 is 0 Å². The predicted molar refractivity (Wildman–Crippen MR) is 54.8 cm³/mol. The van der Waals surface area contributed by atoms with Gasteiger partial charge in [0, 0.05) is 0 Å². The van der Waals surface area contributed by atoms with Crippen LogP contribution < -0.4 is 17.0 Å². The molecule has 0 fully saturated rings. The molecule has 0 radical (unpaired) electrons. The van der Waals surface area contributed by atoms with E-state index in [1.807, 2.05) is 19.1 Å². The number of hydrogen-bond donors (Lipinski definition) is 3. The van der Waals surface area contributed by atoms with E-state index in [9.17, 15) is 0 Å². The van der Waals surface area contributed by atoms with E-state index in [0.29, 0.717) is 10.7 Å². The van der Waals surface area contributed by atoms with Crippen molar-refractivity contribution in [3.8, 4) is 0 Å². The average molecular weight is 199 g/mol. The van der Waals surface area contributed by atoms with Crippen molar-refractivity contribution in [3.05, 3.63) is 28.8 Å². The number of guanidine groups is 1. The Labute approximate surface area is 81.6 Å². The minimum Gasteiger partial charge on any atom is -0.369 e. The normalized spacial score (nSPS) is 11.5. The lowest BCUT2D eigenvalue weighted by Gasteiger charge is -2.01. The fourth-order valence-corrected chi connectivity index (χ4v) is 1.14. The number of nitrogens with zero attached hydrogens (tertiary/aromatic N) is 1. The molecular weight excluding hydrogens is 188 g/mol. The number of aliphatic imine (C=N–C) groups is 1. The van der Waals surface area contributed by atoms with Gasteiger partial charge in [0.05, 0.1) is 10.7 Å². The Hall–Kier alpha value is -1.26. The summed E-state index contributed by atoms with van der Waals surface area (Å²) in [5.41, 5.74) is 9.26. The van der Waals surface area contributed by atoms with Gasteiger partial charge < -0.3 is 5.73 Å². The Morgan fingerprint density at radius 1 is 1.54 bits per heavy atom. The maximum Gasteiger partial charge on any atom is 0.208 e. The standard InChI is InChI=1S/C8H11ClN4/c1-5-2-3-7(6(9)4-5)12-8(10)13-11/h2-4H,11H2,1H3,(H3,10,12,13). The monoisotopic (exact) mass is 198 g/mol. The highest BCUT2D eigenvalue weighted by Gasteiger charge is 1.98. The summed E-state index contributed by atoms with van der Waals surface area (Å²) in [6.07, 6.45) is 0. The third kappa shape index (κ3) is 2.61. The van der Waals surface area contributed by atoms with Crippen molar-refractivity contribution in [1.82, 2.24) is 5.43 Å². The number of hydrazine groups is 1. The SMILES string of the molecule is Cc1ccc(N=C(N)NN)c(Cl)c1. The van der Waals surface area contributed by atoms with Gasteiger partial charge >= 0.3 is 0 Å². The minimum absolute atomic E-state index is 0.130. The van der Waals surface area contributed by atoms with E-state index >= 15 is 0 Å². The molecule has 0 aliphatic heterocycles. The molecule has 4 nitrogen and oxygen atoms in total. The van der Waals surface area contributed by atoms with Gasteiger partial charge in [0.2, 0.25) is 5.96 Å². The van der Waals surface area contributed by atoms with Gasteiger partial charge in [-0.05, 0) is 24.6 Å². The summed E-state index contributed by atoms with van der Waals surface area (Å²) in [5, 5.41) is 0.554. The first-order chi connectivity index (χ1) is 6.13. The largest absolute Gasteiger partial charge is 0.369 e. The van der Waals surface area contributed by atoms with Crippen molar-refractivity contribution >= 4 is 23.2 Å². The topological polar surface area (TPSA) is 76.4 Å². The lowest BCUT2D eigenvalue weighted by molar-refractivity contribution is 1.01. The Balaban J connectivity index is 3.03. The quantitative estimate of drug-likeness (QED) is 0.273. The Morgan fingerprint density at radius 3 is 2.77 bits per heavy atom. The zero-order valence-electron chi connectivity index (χ0n) is 7.21. The van der Waals surface area contributed by atoms with E-state index in [2.05, 4.69) is 10.4 Å². The van der Waals surface area contributed by atoms with Gasteiger partial charge in [0.25, 0.3) is 0 Å². The van der Waals surface area contributed by atoms with E-state index in [1.54, 1.807) is 6.07 Å². The molecule has 0 heterocycles. The summed E-state index contributed by atoms with van der Waals surface area (Å²) in [6.45, 7) is 1.95. The van der Waals surface area contributed by atoms with E-state index in [4.69, 9.17) is 23.2 Å². The lowest BCUT2D eigenvalue weighted by atomic mass is 10.2. The number of hydrogen-bond acceptors (Lipinski definition) is 2. The Morgan fingerprint density at radius 2 is 2.23 bits per heavy atom. The number of benzene rings is 1. The molecule has 1 aromatic carbocycles. The van der Waals surface area contributed by atoms with E-state index in [1.165, 1.54) is 0 Å². The van der Waals surface area contributed by atoms with Crippen LogP contribution in [0.5, 0.6) is 0 Å². The number of nitrogens with one attached hydrogen (secondary N) is 1. The van der Waals surface area contributed by atoms with Gasteiger partial charge in [-0.1, -0.05) is 17.7 Å². The highest BCUT2D eigenvalue weighted by Crippen LogP contribution is 2.25. The predicted octanol–water partition coefficient (Wildman–Crippen LogP) is 1.06. The van der Waals surface area contributed by atoms with E-state index in [-0.39, 0.29) is 5.96 Å². The number of rotatable bonds is 1. The summed E-state index contributed by atoms with van der Waals surface area (Å²) in [6, 6.07) is 5.49. The zero-order valence-corrected chi connectivity index (χ0v) is 7.97. The summed E-state index contributed by atoms with van der Waals surface area (Å²) in [7, 11) is 0. The number of aryl methyl sites for hydroxylation is 1. The van der Waals surface area contributed by atoms with Crippen LogP contribution in [0.25, 0.3) is 0 Å². The fourth-order valence-electron chi connectivity index (χ4n) is 0.865. The van der Waals surface area contributed by atoms with Crippen molar-refractivity contribution in [2.24, 2.45) is 16.6 Å². The highest BCUT2D eigenvalue weighted by molar-refractivity contribution is 6.33. The molecule has 13 heavy (non-hydrogen) atoms. The maximum absolute atomic E-state index is 5.90. The van der Waals surface area contributed by atoms with Crippen molar-refractivity contribution < 1.29 is 0 Å². The lowest BCUT2D eigenvalue weighted by Crippen LogP contribution is -2.36. The van der Waals surface area contributed by atoms with Crippen LogP contribution in [-0.4, -0.2) is 5.96 Å². The second-order valence-corrected chi connectivity index (χ2v) is 3.00. The second-order valence-electron chi connectivity index (χ2n) is 2.60. The van der Waals surface area contributed by atoms with Crippen LogP contribution in [0.2, 0.25) is 5.02 Å². The number of halogens is 1. The van der Waals surface area contributed by atoms with Gasteiger partial charge in [0.1, 0.15) is 0 Å². The van der Waals surface area contributed by atoms with Gasteiger partial charge in [-0.2, -0.15) is 0 Å². The molecule has 1 aromatic rings. The molecule has 0 saturated carbocycles. The van der Waals surface area contributed by atoms with Crippen LogP contribution in [0, 0.1) is 6.92 Å². The van der Waals surface area contributed by atoms with Crippen LogP contribution in [0.1, 0.15) is 5.56 Å². The molecule has 0 aromatic heterocycles. The molecule has 5 N–H and O–H groups in total. The van der Waals surface area contributed by atoms with Crippen molar-refractivity contribution in [2.45, 2.75) is 6.92 Å². The molecule has 0 aliphatic carbocycles. The molecule has 5 heteroatoms. The van der Waals surface area contributed by atoms with Crippen LogP contribution in [0.15, 0.2) is 23.2 Å². The maximum atomic E-state index is 5.90. The first kappa shape index (κ1) is 9.83. The Bertz CT molecular complexity index is 335. The van der Waals surface area contributed by atoms with Gasteiger partial charge in [-0.3, -0.25) is 5.43 Å². The second kappa shape index (κ2) is 4.11. The van der Waals surface area contributed by atoms with Crippen molar-refractivity contribution in [1.29, 1.82) is 0 Å². The van der Waals surface area contributed by atoms with Crippen LogP contribution in [-0.2, 0) is 0 Å². The molecule has 0 bridgehead atoms. The molecule has 0 atom stereocenters. The first-order valence-electron chi connectivity index (χ1n) is 3.70. The third-order valence-electron chi connectivity index (χ3n) is 1.49. The summed E-state index contributed by atoms with van der Waals surface area (Å²) in [4.78, 5) is 3.94. The minimum atomic E-state index is 0.130. The molecule has 0 unspecified atom stereocenters. The molecule has 70 valence electrons. The highest BCUT2D eigenvalue weighted by atomic mass is 35.5. The summed E-state index contributed by atoms with van der Waals surface area (Å²) < 4.78 is 0. The summed E-state index contributed by atoms with van der Waals surface area (Å²) in [5.74, 6) is 5.18. The fraction of sp³-hybridized carbons (Fsp3) is 0.125. The van der Waals surface area contributed by atoms with Crippen molar-refractivity contribution in [3.63, 3.8) is 0 Å². The van der Waals surface area contributed by atoms with Crippen molar-refractivity contribution in [2.75, 3.05) is 0 Å². The molecule has 0 saturated heterocycles. The number of nitrogens with two attached hydrogens (primary N) is 2. The van der Waals surface area contributed by atoms with Gasteiger partial charge in [0.15, 0.2) is 0 Å². The molecule has 0 amide bonds. The van der Waals surface area contributed by atoms with Gasteiger partial charge in [-0.15, -0.1) is 0 Å². The first-order valence-corrected chi connectivity index (χ1v) is 4.08. The zero-order chi connectivity index (χ0) is 9.84. The van der Waals surface area contributed by atoms with Crippen LogP contribution in [0.3, 0.4) is 0 Å². The summed E-state index contributed by atoms with van der Waals surface area (Å²) >= 11 is 5.90. The molecule has 1 rings (SSSR count). The van der Waals surface area contributed by atoms with E-state index in [0.717, 1.165) is 5.56 Å². The van der Waals surface area contributed by atoms with Crippen LogP contribution in [0.4, 0.5) is 5.69 Å². The smallest absolute Gasteiger partial charge is 0.208 e. The third-order valence-corrected chi connectivity index (χ3v) is 1.79. The van der Waals surface area contributed by atoms with Gasteiger partial charge in [-0.25, -0.2) is 10.8 Å². The average Bonchev–Trinajstić information content (AvgIpc) is 2.09. The van der Waals surface area contributed by atoms with Crippen LogP contribution >= 0.6 is 11.6 Å². The molecular formula is C8H11ClN4. The Kier molecular flexibility index (Phi) is 3.11. The molecule has 0 spiro atoms.